The van der Waals surface area contributed by atoms with Gasteiger partial charge >= 0.3 is 0 Å². The minimum absolute atomic E-state index is 0.0216. The van der Waals surface area contributed by atoms with E-state index in [-0.39, 0.29) is 5.78 Å². The Balaban J connectivity index is 1.99. The molecule has 0 N–H and O–H groups in total. The number of nitrogens with zero attached hydrogens (tertiary/aromatic N) is 2. The van der Waals surface area contributed by atoms with Gasteiger partial charge in [-0.05, 0) is 43.0 Å². The van der Waals surface area contributed by atoms with Crippen molar-refractivity contribution in [2.75, 3.05) is 0 Å². The molecule has 2 aromatic heterocycles. The van der Waals surface area contributed by atoms with Crippen molar-refractivity contribution in [1.29, 1.82) is 0 Å². The van der Waals surface area contributed by atoms with Crippen molar-refractivity contribution < 1.29 is 9.21 Å². The van der Waals surface area contributed by atoms with Gasteiger partial charge < -0.3 is 4.42 Å². The maximum Gasteiger partial charge on any atom is 0.263 e. The highest BCUT2D eigenvalue weighted by atomic mass is 32.2. The zero-order chi connectivity index (χ0) is 13.2. The average molecular weight is 270 g/mol. The number of hydrogen-bond donors (Lipinski definition) is 0. The van der Waals surface area contributed by atoms with E-state index in [0.29, 0.717) is 15.8 Å². The molecule has 1 aromatic carbocycles. The summed E-state index contributed by atoms with van der Waals surface area (Å²) in [4.78, 5) is 20.1. The molecular formula is C14H10N2O2S. The third-order valence-electron chi connectivity index (χ3n) is 2.61. The van der Waals surface area contributed by atoms with Gasteiger partial charge in [0, 0.05) is 6.20 Å². The van der Waals surface area contributed by atoms with Crippen molar-refractivity contribution in [2.45, 2.75) is 17.2 Å². The number of carbonyl (C=O) groups is 1. The fraction of sp³-hybridized carbons (Fsp3) is 0.0714. The number of aromatic nitrogens is 2. The summed E-state index contributed by atoms with van der Waals surface area (Å²) in [5, 5.41) is 1.10. The lowest BCUT2D eigenvalue weighted by atomic mass is 10.2. The second-order valence-corrected chi connectivity index (χ2v) is 4.90. The first kappa shape index (κ1) is 11.9. The molecule has 4 nitrogen and oxygen atoms in total. The molecule has 0 unspecified atom stereocenters. The van der Waals surface area contributed by atoms with E-state index in [1.807, 2.05) is 24.3 Å². The number of para-hydroxylation sites is 2. The van der Waals surface area contributed by atoms with Gasteiger partial charge in [-0.3, -0.25) is 4.79 Å². The monoisotopic (exact) mass is 270 g/mol. The number of ketones is 1. The molecule has 3 aromatic rings. The fourth-order valence-electron chi connectivity index (χ4n) is 1.72. The zero-order valence-electron chi connectivity index (χ0n) is 10.2. The van der Waals surface area contributed by atoms with Gasteiger partial charge in [0.2, 0.25) is 0 Å². The van der Waals surface area contributed by atoms with Gasteiger partial charge in [-0.2, -0.15) is 0 Å². The molecule has 94 valence electrons. The molecule has 0 amide bonds. The van der Waals surface area contributed by atoms with Crippen LogP contribution >= 0.6 is 11.8 Å². The van der Waals surface area contributed by atoms with Crippen molar-refractivity contribution in [2.24, 2.45) is 0 Å². The quantitative estimate of drug-likeness (QED) is 0.681. The molecule has 0 aliphatic heterocycles. The second kappa shape index (κ2) is 4.85. The van der Waals surface area contributed by atoms with Gasteiger partial charge in [0.25, 0.3) is 5.22 Å². The molecular weight excluding hydrogens is 260 g/mol. The highest BCUT2D eigenvalue weighted by Crippen LogP contribution is 2.30. The van der Waals surface area contributed by atoms with E-state index in [2.05, 4.69) is 9.97 Å². The van der Waals surface area contributed by atoms with E-state index >= 15 is 0 Å². The Hall–Kier alpha value is -2.14. The molecule has 0 aliphatic rings. The summed E-state index contributed by atoms with van der Waals surface area (Å²) in [5.41, 5.74) is 2.10. The average Bonchev–Trinajstić information content (AvgIpc) is 2.81. The molecule has 0 bridgehead atoms. The number of oxazole rings is 1. The van der Waals surface area contributed by atoms with E-state index in [1.165, 1.54) is 18.7 Å². The third-order valence-corrected chi connectivity index (χ3v) is 3.48. The van der Waals surface area contributed by atoms with Gasteiger partial charge in [-0.1, -0.05) is 12.1 Å². The molecule has 0 radical (unpaired) electrons. The van der Waals surface area contributed by atoms with E-state index in [9.17, 15) is 4.79 Å². The molecule has 19 heavy (non-hydrogen) atoms. The maximum atomic E-state index is 11.5. The second-order valence-electron chi connectivity index (χ2n) is 3.96. The Bertz CT molecular complexity index is 719. The van der Waals surface area contributed by atoms with E-state index in [4.69, 9.17) is 4.42 Å². The Labute approximate surface area is 113 Å². The molecule has 5 heteroatoms. The normalized spacial score (nSPS) is 10.8. The first-order valence-corrected chi connectivity index (χ1v) is 6.55. The lowest BCUT2D eigenvalue weighted by Gasteiger charge is -2.01. The van der Waals surface area contributed by atoms with Crippen LogP contribution in [-0.2, 0) is 0 Å². The topological polar surface area (TPSA) is 56.0 Å². The van der Waals surface area contributed by atoms with Gasteiger partial charge in [0.05, 0.1) is 5.56 Å². The van der Waals surface area contributed by atoms with Gasteiger partial charge in [0.1, 0.15) is 10.5 Å². The fourth-order valence-corrected chi connectivity index (χ4v) is 2.59. The van der Waals surface area contributed by atoms with Crippen molar-refractivity contribution in [3.63, 3.8) is 0 Å². The summed E-state index contributed by atoms with van der Waals surface area (Å²) >= 11 is 1.26. The first-order chi connectivity index (χ1) is 9.24. The summed E-state index contributed by atoms with van der Waals surface area (Å²) in [6.07, 6.45) is 1.65. The van der Waals surface area contributed by atoms with Crippen LogP contribution in [0.3, 0.4) is 0 Å². The molecule has 0 fully saturated rings. The Morgan fingerprint density at radius 1 is 1.21 bits per heavy atom. The zero-order valence-corrected chi connectivity index (χ0v) is 11.0. The van der Waals surface area contributed by atoms with Gasteiger partial charge in [-0.15, -0.1) is 0 Å². The van der Waals surface area contributed by atoms with Crippen LogP contribution in [-0.4, -0.2) is 15.8 Å². The van der Waals surface area contributed by atoms with E-state index < -0.39 is 0 Å². The predicted molar refractivity (Wildman–Crippen MR) is 72.4 cm³/mol. The maximum absolute atomic E-state index is 11.5. The number of pyridine rings is 1. The Morgan fingerprint density at radius 3 is 2.84 bits per heavy atom. The number of carbonyl (C=O) groups excluding carboxylic acids is 1. The van der Waals surface area contributed by atoms with E-state index in [0.717, 1.165) is 11.1 Å². The SMILES string of the molecule is CC(=O)c1cccnc1Sc1nc2ccccc2o1. The summed E-state index contributed by atoms with van der Waals surface area (Å²) in [5.74, 6) is -0.0216. The van der Waals surface area contributed by atoms with Crippen LogP contribution in [0.4, 0.5) is 0 Å². The summed E-state index contributed by atoms with van der Waals surface area (Å²) in [6.45, 7) is 1.52. The third kappa shape index (κ3) is 2.37. The highest BCUT2D eigenvalue weighted by molar-refractivity contribution is 7.99. The van der Waals surface area contributed by atoms with Crippen LogP contribution in [0.1, 0.15) is 17.3 Å². The molecule has 0 atom stereocenters. The van der Waals surface area contributed by atoms with Gasteiger partial charge in [0.15, 0.2) is 11.4 Å². The molecule has 0 spiro atoms. The first-order valence-electron chi connectivity index (χ1n) is 5.73. The number of hydrogen-bond acceptors (Lipinski definition) is 5. The predicted octanol–water partition coefficient (Wildman–Crippen LogP) is 3.58. The van der Waals surface area contributed by atoms with E-state index in [1.54, 1.807) is 18.3 Å². The summed E-state index contributed by atoms with van der Waals surface area (Å²) in [7, 11) is 0. The van der Waals surface area contributed by atoms with Crippen LogP contribution in [0.15, 0.2) is 57.3 Å². The summed E-state index contributed by atoms with van der Waals surface area (Å²) in [6, 6.07) is 11.0. The molecule has 3 rings (SSSR count). The Kier molecular flexibility index (Phi) is 3.05. The lowest BCUT2D eigenvalue weighted by molar-refractivity contribution is 0.101. The highest BCUT2D eigenvalue weighted by Gasteiger charge is 2.13. The minimum atomic E-state index is -0.0216. The molecule has 0 saturated carbocycles. The Morgan fingerprint density at radius 2 is 2.05 bits per heavy atom. The standard InChI is InChI=1S/C14H10N2O2S/c1-9(17)10-5-4-8-15-13(10)19-14-16-11-6-2-3-7-12(11)18-14/h2-8H,1H3. The van der Waals surface area contributed by atoms with Crippen LogP contribution in [0.25, 0.3) is 11.1 Å². The van der Waals surface area contributed by atoms with Crippen LogP contribution in [0.2, 0.25) is 0 Å². The summed E-state index contributed by atoms with van der Waals surface area (Å²) < 4.78 is 5.61. The molecule has 0 aliphatic carbocycles. The number of benzene rings is 1. The molecule has 2 heterocycles. The van der Waals surface area contributed by atoms with Crippen molar-refractivity contribution in [3.05, 3.63) is 48.2 Å². The van der Waals surface area contributed by atoms with Crippen molar-refractivity contribution in [1.82, 2.24) is 9.97 Å². The van der Waals surface area contributed by atoms with Gasteiger partial charge in [-0.25, -0.2) is 9.97 Å². The largest absolute Gasteiger partial charge is 0.431 e. The van der Waals surface area contributed by atoms with Crippen LogP contribution in [0, 0.1) is 0 Å². The number of Topliss-reactive ketones (excluding diaryl/α,β-unsaturated/α-hetero) is 1. The van der Waals surface area contributed by atoms with Crippen LogP contribution < -0.4 is 0 Å². The van der Waals surface area contributed by atoms with Crippen molar-refractivity contribution >= 4 is 28.6 Å². The van der Waals surface area contributed by atoms with Crippen molar-refractivity contribution in [3.8, 4) is 0 Å². The van der Waals surface area contributed by atoms with Crippen LogP contribution in [0.5, 0.6) is 0 Å². The number of rotatable bonds is 3. The lowest BCUT2D eigenvalue weighted by Crippen LogP contribution is -1.96. The smallest absolute Gasteiger partial charge is 0.263 e. The minimum Gasteiger partial charge on any atom is -0.431 e. The molecule has 0 saturated heterocycles. The number of fused-ring (bicyclic) bond motifs is 1.